The van der Waals surface area contributed by atoms with Gasteiger partial charge < -0.3 is 16.0 Å². The van der Waals surface area contributed by atoms with Crippen LogP contribution in [0.3, 0.4) is 0 Å². The van der Waals surface area contributed by atoms with Crippen LogP contribution in [0.1, 0.15) is 30.0 Å². The highest BCUT2D eigenvalue weighted by molar-refractivity contribution is 6.03. The molecule has 1 unspecified atom stereocenters. The second kappa shape index (κ2) is 7.50. The zero-order valence-corrected chi connectivity index (χ0v) is 15.3. The minimum atomic E-state index is -1.59. The van der Waals surface area contributed by atoms with Gasteiger partial charge in [0.25, 0.3) is 0 Å². The van der Waals surface area contributed by atoms with Crippen molar-refractivity contribution in [1.82, 2.24) is 16.0 Å². The van der Waals surface area contributed by atoms with Gasteiger partial charge >= 0.3 is 0 Å². The molecule has 2 aliphatic heterocycles. The first kappa shape index (κ1) is 19.1. The molecule has 0 saturated heterocycles. The van der Waals surface area contributed by atoms with Gasteiger partial charge in [-0.2, -0.15) is 0 Å². The zero-order valence-electron chi connectivity index (χ0n) is 15.3. The monoisotopic (exact) mass is 377 g/mol. The van der Waals surface area contributed by atoms with Gasteiger partial charge in [0.1, 0.15) is 18.0 Å². The number of amides is 2. The molecule has 7 heteroatoms. The summed E-state index contributed by atoms with van der Waals surface area (Å²) in [4.78, 5) is 24.8. The SMILES string of the molecule is CC1=C2[C](C=CN1)NC(=O)C(CC(=O)N[C@H](C)C1=CC=C(F)[CH]C1F)=C2C.[HH].[HH]. The van der Waals surface area contributed by atoms with Crippen molar-refractivity contribution in [3.63, 3.8) is 0 Å². The Bertz CT molecular complexity index is 847. The van der Waals surface area contributed by atoms with Crippen molar-refractivity contribution in [3.05, 3.63) is 70.7 Å². The van der Waals surface area contributed by atoms with Gasteiger partial charge in [-0.15, -0.1) is 0 Å². The molecule has 0 bridgehead atoms. The average molecular weight is 377 g/mol. The number of hydrogen-bond acceptors (Lipinski definition) is 3. The number of nitrogens with one attached hydrogen (secondary N) is 3. The Morgan fingerprint density at radius 3 is 2.81 bits per heavy atom. The second-order valence-electron chi connectivity index (χ2n) is 6.70. The molecular weight excluding hydrogens is 352 g/mol. The predicted molar refractivity (Wildman–Crippen MR) is 102 cm³/mol. The first-order valence-electron chi connectivity index (χ1n) is 8.66. The summed E-state index contributed by atoms with van der Waals surface area (Å²) in [5.41, 5.74) is 3.10. The molecule has 2 amide bonds. The van der Waals surface area contributed by atoms with Gasteiger partial charge in [0.15, 0.2) is 0 Å². The van der Waals surface area contributed by atoms with E-state index >= 15 is 0 Å². The van der Waals surface area contributed by atoms with Crippen molar-refractivity contribution in [2.45, 2.75) is 39.4 Å². The van der Waals surface area contributed by atoms with Gasteiger partial charge in [0.05, 0.1) is 18.9 Å². The van der Waals surface area contributed by atoms with E-state index in [9.17, 15) is 18.4 Å². The summed E-state index contributed by atoms with van der Waals surface area (Å²) in [5.74, 6) is -1.38. The summed E-state index contributed by atoms with van der Waals surface area (Å²) in [6, 6.07) is 0.0753. The summed E-state index contributed by atoms with van der Waals surface area (Å²) >= 11 is 0. The molecule has 0 spiro atoms. The number of alkyl halides is 1. The average Bonchev–Trinajstić information content (AvgIpc) is 2.58. The van der Waals surface area contributed by atoms with E-state index in [-0.39, 0.29) is 20.8 Å². The van der Waals surface area contributed by atoms with Crippen LogP contribution in [0.25, 0.3) is 0 Å². The summed E-state index contributed by atoms with van der Waals surface area (Å²) in [6.07, 6.45) is 5.13. The Hall–Kier alpha value is -2.70. The van der Waals surface area contributed by atoms with Gasteiger partial charge in [-0.05, 0) is 50.3 Å². The fraction of sp³-hybridized carbons (Fsp3) is 0.300. The van der Waals surface area contributed by atoms with Crippen molar-refractivity contribution >= 4 is 11.8 Å². The van der Waals surface area contributed by atoms with E-state index in [2.05, 4.69) is 16.0 Å². The zero-order chi connectivity index (χ0) is 19.7. The molecule has 146 valence electrons. The minimum absolute atomic E-state index is 0. The van der Waals surface area contributed by atoms with E-state index in [1.807, 2.05) is 6.92 Å². The molecule has 5 nitrogen and oxygen atoms in total. The van der Waals surface area contributed by atoms with Crippen molar-refractivity contribution in [1.29, 1.82) is 0 Å². The van der Waals surface area contributed by atoms with Crippen molar-refractivity contribution in [2.24, 2.45) is 0 Å². The molecule has 1 aliphatic carbocycles. The lowest BCUT2D eigenvalue weighted by molar-refractivity contribution is -0.123. The largest absolute Gasteiger partial charge is 0.365 e. The number of rotatable bonds is 4. The molecule has 0 fully saturated rings. The number of carbonyl (C=O) groups is 2. The van der Waals surface area contributed by atoms with Crippen LogP contribution in [0.4, 0.5) is 8.78 Å². The smallest absolute Gasteiger partial charge is 0.249 e. The fourth-order valence-electron chi connectivity index (χ4n) is 3.41. The highest BCUT2D eigenvalue weighted by Crippen LogP contribution is 2.33. The van der Waals surface area contributed by atoms with E-state index < -0.39 is 23.9 Å². The van der Waals surface area contributed by atoms with Gasteiger partial charge in [0, 0.05) is 19.7 Å². The predicted octanol–water partition coefficient (Wildman–Crippen LogP) is 3.08. The number of carbonyl (C=O) groups excluding carboxylic acids is 2. The molecule has 3 N–H and O–H groups in total. The van der Waals surface area contributed by atoms with Crippen molar-refractivity contribution < 1.29 is 21.2 Å². The number of hydrogen-bond donors (Lipinski definition) is 3. The Morgan fingerprint density at radius 1 is 1.37 bits per heavy atom. The lowest BCUT2D eigenvalue weighted by atomic mass is 9.86. The van der Waals surface area contributed by atoms with Gasteiger partial charge in [-0.3, -0.25) is 9.59 Å². The topological polar surface area (TPSA) is 70.2 Å². The lowest BCUT2D eigenvalue weighted by Gasteiger charge is -2.31. The van der Waals surface area contributed by atoms with Crippen LogP contribution in [-0.2, 0) is 9.59 Å². The third kappa shape index (κ3) is 3.86. The van der Waals surface area contributed by atoms with Crippen LogP contribution in [0, 0.1) is 12.5 Å². The molecule has 0 aromatic carbocycles. The number of halogens is 2. The highest BCUT2D eigenvalue weighted by Gasteiger charge is 2.32. The molecule has 2 heterocycles. The first-order valence-corrected chi connectivity index (χ1v) is 8.66. The molecule has 3 rings (SSSR count). The molecule has 0 aromatic rings. The van der Waals surface area contributed by atoms with Gasteiger partial charge in [-0.1, -0.05) is 6.08 Å². The normalized spacial score (nSPS) is 23.9. The van der Waals surface area contributed by atoms with E-state index in [1.54, 1.807) is 26.1 Å². The Balaban J connectivity index is 0.00000210. The summed E-state index contributed by atoms with van der Waals surface area (Å²) in [6.45, 7) is 5.31. The Kier molecular flexibility index (Phi) is 5.30. The third-order valence-corrected chi connectivity index (χ3v) is 4.82. The summed E-state index contributed by atoms with van der Waals surface area (Å²) < 4.78 is 27.0. The maximum Gasteiger partial charge on any atom is 0.249 e. The minimum Gasteiger partial charge on any atom is -0.365 e. The molecular formula is C20H25F2N3O2. The highest BCUT2D eigenvalue weighted by atomic mass is 19.1. The van der Waals surface area contributed by atoms with Crippen LogP contribution in [0.5, 0.6) is 0 Å². The number of dihydropyridines is 1. The third-order valence-electron chi connectivity index (χ3n) is 4.82. The van der Waals surface area contributed by atoms with Gasteiger partial charge in [0.2, 0.25) is 11.8 Å². The second-order valence-corrected chi connectivity index (χ2v) is 6.70. The Morgan fingerprint density at radius 2 is 2.11 bits per heavy atom. The molecule has 0 aromatic heterocycles. The maximum absolute atomic E-state index is 14.0. The number of allylic oxidation sites excluding steroid dienone is 4. The molecule has 2 radical (unpaired) electrons. The van der Waals surface area contributed by atoms with Gasteiger partial charge in [-0.25, -0.2) is 8.78 Å². The van der Waals surface area contributed by atoms with E-state index in [0.717, 1.165) is 29.3 Å². The number of fused-ring (bicyclic) bond motifs is 1. The molecule has 2 atom stereocenters. The van der Waals surface area contributed by atoms with Crippen LogP contribution in [0.15, 0.2) is 58.2 Å². The first-order chi connectivity index (χ1) is 12.8. The molecule has 0 saturated carbocycles. The fourth-order valence-corrected chi connectivity index (χ4v) is 3.41. The van der Waals surface area contributed by atoms with E-state index in [4.69, 9.17) is 0 Å². The van der Waals surface area contributed by atoms with Crippen LogP contribution in [-0.4, -0.2) is 24.0 Å². The van der Waals surface area contributed by atoms with Crippen molar-refractivity contribution in [2.75, 3.05) is 0 Å². The summed E-state index contributed by atoms with van der Waals surface area (Å²) in [7, 11) is 0. The molecule has 3 aliphatic rings. The maximum atomic E-state index is 14.0. The van der Waals surface area contributed by atoms with Crippen LogP contribution in [0.2, 0.25) is 0 Å². The van der Waals surface area contributed by atoms with E-state index in [0.29, 0.717) is 11.6 Å². The lowest BCUT2D eigenvalue weighted by Crippen LogP contribution is -2.41. The van der Waals surface area contributed by atoms with Crippen LogP contribution >= 0.6 is 0 Å². The quantitative estimate of drug-likeness (QED) is 0.705. The summed E-state index contributed by atoms with van der Waals surface area (Å²) in [5, 5.41) is 8.56. The molecule has 27 heavy (non-hydrogen) atoms. The van der Waals surface area contributed by atoms with Crippen molar-refractivity contribution in [3.8, 4) is 0 Å². The van der Waals surface area contributed by atoms with E-state index in [1.165, 1.54) is 6.08 Å². The Labute approximate surface area is 159 Å². The standard InChI is InChI=1S/C20H21F2N3O2.2H2/c1-10-15(20(27)25-17-6-7-23-12(3)19(10)17)9-18(26)24-11(2)14-5-4-13(21)8-16(14)22;;/h4-8,11,16,23H,9H2,1-3H3,(H,24,26)(H,25,27);2*1H/t11-,16?;;/m1../s1. The van der Waals surface area contributed by atoms with Crippen LogP contribution < -0.4 is 16.0 Å².